The van der Waals surface area contributed by atoms with E-state index in [9.17, 15) is 14.4 Å². The van der Waals surface area contributed by atoms with Crippen LogP contribution in [0.2, 0.25) is 0 Å². The number of rotatable bonds is 5. The first-order valence-corrected chi connectivity index (χ1v) is 7.18. The van der Waals surface area contributed by atoms with Gasteiger partial charge in [-0.2, -0.15) is 0 Å². The van der Waals surface area contributed by atoms with Crippen molar-refractivity contribution < 1.29 is 19.5 Å². The number of carboxylic acids is 1. The Bertz CT molecular complexity index is 615. The summed E-state index contributed by atoms with van der Waals surface area (Å²) >= 11 is 1.40. The first-order chi connectivity index (χ1) is 10.0. The highest BCUT2D eigenvalue weighted by Gasteiger charge is 2.21. The molecule has 6 nitrogen and oxygen atoms in total. The molecule has 0 radical (unpaired) electrons. The van der Waals surface area contributed by atoms with Gasteiger partial charge in [0.05, 0.1) is 11.4 Å². The minimum Gasteiger partial charge on any atom is -0.480 e. The molecule has 1 aromatic rings. The molecule has 1 aliphatic rings. The Morgan fingerprint density at radius 2 is 2.24 bits per heavy atom. The van der Waals surface area contributed by atoms with Crippen molar-refractivity contribution in [3.63, 3.8) is 0 Å². The molecular weight excluding hydrogens is 292 g/mol. The summed E-state index contributed by atoms with van der Waals surface area (Å²) in [6.07, 6.45) is 1.47. The Kier molecular flexibility index (Phi) is 4.64. The van der Waals surface area contributed by atoms with Gasteiger partial charge in [-0.1, -0.05) is 6.08 Å². The molecule has 0 fully saturated rings. The molecule has 21 heavy (non-hydrogen) atoms. The Labute approximate surface area is 125 Å². The maximum atomic E-state index is 12.3. The van der Waals surface area contributed by atoms with Gasteiger partial charge in [-0.25, -0.2) is 0 Å². The molecule has 2 amide bonds. The third-order valence-electron chi connectivity index (χ3n) is 2.82. The molecule has 1 heterocycles. The first-order valence-electron chi connectivity index (χ1n) is 6.20. The second-order valence-corrected chi connectivity index (χ2v) is 5.43. The number of carbonyl (C=O) groups is 3. The Morgan fingerprint density at radius 3 is 2.90 bits per heavy atom. The Hall–Kier alpha value is -2.28. The fourth-order valence-corrected chi connectivity index (χ4v) is 2.73. The van der Waals surface area contributed by atoms with Crippen LogP contribution in [0.15, 0.2) is 35.7 Å². The zero-order chi connectivity index (χ0) is 15.4. The van der Waals surface area contributed by atoms with Gasteiger partial charge in [-0.15, -0.1) is 18.3 Å². The minimum atomic E-state index is -1.09. The highest BCUT2D eigenvalue weighted by Crippen LogP contribution is 2.32. The topological polar surface area (TPSA) is 86.7 Å². The van der Waals surface area contributed by atoms with Gasteiger partial charge in [0.2, 0.25) is 5.91 Å². The number of carbonyl (C=O) groups excluding carboxylic acids is 2. The zero-order valence-corrected chi connectivity index (χ0v) is 12.0. The smallest absolute Gasteiger partial charge is 0.323 e. The SMILES string of the molecule is C=CCN(CC(=O)O)C(=O)c1ccc2c(c1)NC(=O)CS2. The summed E-state index contributed by atoms with van der Waals surface area (Å²) in [6.45, 7) is 3.26. The standard InChI is InChI=1S/C14H14N2O4S/c1-2-5-16(7-13(18)19)14(20)9-3-4-11-10(6-9)15-12(17)8-21-11/h2-4,6H,1,5,7-8H2,(H,15,17)(H,18,19). The van der Waals surface area contributed by atoms with E-state index in [-0.39, 0.29) is 12.5 Å². The van der Waals surface area contributed by atoms with E-state index in [1.54, 1.807) is 18.2 Å². The van der Waals surface area contributed by atoms with Crippen molar-refractivity contribution in [2.75, 3.05) is 24.2 Å². The quantitative estimate of drug-likeness (QED) is 0.804. The number of hydrogen-bond acceptors (Lipinski definition) is 4. The van der Waals surface area contributed by atoms with Crippen LogP contribution in [0.25, 0.3) is 0 Å². The van der Waals surface area contributed by atoms with Gasteiger partial charge in [0.1, 0.15) is 6.54 Å². The summed E-state index contributed by atoms with van der Waals surface area (Å²) in [7, 11) is 0. The number of aliphatic carboxylic acids is 1. The molecular formula is C14H14N2O4S. The van der Waals surface area contributed by atoms with Crippen molar-refractivity contribution in [1.82, 2.24) is 4.90 Å². The van der Waals surface area contributed by atoms with Gasteiger partial charge in [-0.3, -0.25) is 14.4 Å². The maximum Gasteiger partial charge on any atom is 0.323 e. The van der Waals surface area contributed by atoms with Gasteiger partial charge < -0.3 is 15.3 Å². The molecule has 1 aliphatic heterocycles. The Balaban J connectivity index is 2.25. The van der Waals surface area contributed by atoms with Crippen LogP contribution >= 0.6 is 11.8 Å². The van der Waals surface area contributed by atoms with Crippen molar-refractivity contribution in [1.29, 1.82) is 0 Å². The number of nitrogens with zero attached hydrogens (tertiary/aromatic N) is 1. The van der Waals surface area contributed by atoms with E-state index in [2.05, 4.69) is 11.9 Å². The molecule has 1 aromatic carbocycles. The second-order valence-electron chi connectivity index (χ2n) is 4.42. The summed E-state index contributed by atoms with van der Waals surface area (Å²) in [5.74, 6) is -1.27. The van der Waals surface area contributed by atoms with Crippen LogP contribution in [-0.4, -0.2) is 46.6 Å². The van der Waals surface area contributed by atoms with Crippen LogP contribution in [0, 0.1) is 0 Å². The largest absolute Gasteiger partial charge is 0.480 e. The lowest BCUT2D eigenvalue weighted by molar-refractivity contribution is -0.137. The Morgan fingerprint density at radius 1 is 1.48 bits per heavy atom. The summed E-state index contributed by atoms with van der Waals surface area (Å²) in [6, 6.07) is 4.95. The van der Waals surface area contributed by atoms with Crippen LogP contribution in [0.4, 0.5) is 5.69 Å². The van der Waals surface area contributed by atoms with Crippen LogP contribution in [-0.2, 0) is 9.59 Å². The highest BCUT2D eigenvalue weighted by molar-refractivity contribution is 8.00. The molecule has 2 rings (SSSR count). The van der Waals surface area contributed by atoms with Gasteiger partial charge in [0, 0.05) is 17.0 Å². The molecule has 0 unspecified atom stereocenters. The average Bonchev–Trinajstić information content (AvgIpc) is 2.44. The zero-order valence-electron chi connectivity index (χ0n) is 11.2. The molecule has 0 saturated carbocycles. The minimum absolute atomic E-state index is 0.120. The highest BCUT2D eigenvalue weighted by atomic mass is 32.2. The average molecular weight is 306 g/mol. The predicted octanol–water partition coefficient (Wildman–Crippen LogP) is 1.44. The second kappa shape index (κ2) is 6.45. The van der Waals surface area contributed by atoms with Crippen LogP contribution < -0.4 is 5.32 Å². The molecule has 0 atom stereocenters. The normalized spacial score (nSPS) is 13.0. The number of fused-ring (bicyclic) bond motifs is 1. The van der Waals surface area contributed by atoms with E-state index >= 15 is 0 Å². The van der Waals surface area contributed by atoms with E-state index in [0.29, 0.717) is 17.0 Å². The van der Waals surface area contributed by atoms with E-state index in [1.807, 2.05) is 0 Å². The van der Waals surface area contributed by atoms with Crippen molar-refractivity contribution in [2.45, 2.75) is 4.90 Å². The molecule has 7 heteroatoms. The molecule has 0 aliphatic carbocycles. The van der Waals surface area contributed by atoms with Gasteiger partial charge >= 0.3 is 5.97 Å². The fraction of sp³-hybridized carbons (Fsp3) is 0.214. The van der Waals surface area contributed by atoms with Crippen molar-refractivity contribution in [2.24, 2.45) is 0 Å². The molecule has 0 spiro atoms. The van der Waals surface area contributed by atoms with Gasteiger partial charge in [0.25, 0.3) is 5.91 Å². The van der Waals surface area contributed by atoms with E-state index in [0.717, 1.165) is 4.90 Å². The maximum absolute atomic E-state index is 12.3. The van der Waals surface area contributed by atoms with Crippen molar-refractivity contribution in [3.8, 4) is 0 Å². The monoisotopic (exact) mass is 306 g/mol. The van der Waals surface area contributed by atoms with E-state index in [4.69, 9.17) is 5.11 Å². The lowest BCUT2D eigenvalue weighted by atomic mass is 10.1. The number of carboxylic acid groups (broad SMARTS) is 1. The third-order valence-corrected chi connectivity index (χ3v) is 3.90. The summed E-state index contributed by atoms with van der Waals surface area (Å²) in [4.78, 5) is 36.6. The van der Waals surface area contributed by atoms with Crippen molar-refractivity contribution in [3.05, 3.63) is 36.4 Å². The number of hydrogen-bond donors (Lipinski definition) is 2. The van der Waals surface area contributed by atoms with Crippen LogP contribution in [0.5, 0.6) is 0 Å². The summed E-state index contributed by atoms with van der Waals surface area (Å²) < 4.78 is 0. The molecule has 0 saturated heterocycles. The number of thioether (sulfide) groups is 1. The lowest BCUT2D eigenvalue weighted by Crippen LogP contribution is -2.35. The third kappa shape index (κ3) is 3.63. The summed E-state index contributed by atoms with van der Waals surface area (Å²) in [5, 5.41) is 11.5. The number of nitrogens with one attached hydrogen (secondary N) is 1. The lowest BCUT2D eigenvalue weighted by Gasteiger charge is -2.21. The van der Waals surface area contributed by atoms with E-state index < -0.39 is 18.4 Å². The van der Waals surface area contributed by atoms with Gasteiger partial charge in [0.15, 0.2) is 0 Å². The van der Waals surface area contributed by atoms with Gasteiger partial charge in [-0.05, 0) is 18.2 Å². The van der Waals surface area contributed by atoms with E-state index in [1.165, 1.54) is 22.7 Å². The first kappa shape index (κ1) is 15.1. The number of anilines is 1. The number of benzene rings is 1. The van der Waals surface area contributed by atoms with Crippen LogP contribution in [0.3, 0.4) is 0 Å². The fourth-order valence-electron chi connectivity index (χ4n) is 1.94. The summed E-state index contributed by atoms with van der Waals surface area (Å²) in [5.41, 5.74) is 0.913. The molecule has 110 valence electrons. The number of amides is 2. The predicted molar refractivity (Wildman–Crippen MR) is 79.5 cm³/mol. The molecule has 0 bridgehead atoms. The van der Waals surface area contributed by atoms with Crippen LogP contribution in [0.1, 0.15) is 10.4 Å². The molecule has 0 aromatic heterocycles. The van der Waals surface area contributed by atoms with Crippen molar-refractivity contribution >= 4 is 35.2 Å². The molecule has 2 N–H and O–H groups in total.